The van der Waals surface area contributed by atoms with E-state index in [4.69, 9.17) is 10.5 Å². The molecule has 0 aromatic heterocycles. The van der Waals surface area contributed by atoms with Gasteiger partial charge in [0.25, 0.3) is 0 Å². The Bertz CT molecular complexity index is 362. The second-order valence-corrected chi connectivity index (χ2v) is 3.99. The summed E-state index contributed by atoms with van der Waals surface area (Å²) < 4.78 is 4.95. The zero-order valence-electron chi connectivity index (χ0n) is 10.4. The molecule has 0 bridgehead atoms. The molecule has 0 aliphatic carbocycles. The van der Waals surface area contributed by atoms with Crippen LogP contribution in [0.25, 0.3) is 0 Å². The molecular weight excluding hydrogens is 216 g/mol. The van der Waals surface area contributed by atoms with Crippen LogP contribution in [0.5, 0.6) is 0 Å². The normalized spacial score (nSPS) is 12.2. The molecule has 1 unspecified atom stereocenters. The highest BCUT2D eigenvalue weighted by Crippen LogP contribution is 2.03. The number of nitrogens with two attached hydrogens (primary N) is 1. The fourth-order valence-electron chi connectivity index (χ4n) is 1.62. The van der Waals surface area contributed by atoms with Crippen molar-refractivity contribution in [1.29, 1.82) is 0 Å². The molecule has 0 spiro atoms. The molecule has 3 N–H and O–H groups in total. The fraction of sp³-hybridized carbons (Fsp3) is 0.462. The maximum Gasteiger partial charge on any atom is 0.250 e. The molecule has 0 fully saturated rings. The Kier molecular flexibility index (Phi) is 5.66. The third-order valence-corrected chi connectivity index (χ3v) is 2.59. The predicted molar refractivity (Wildman–Crippen MR) is 67.7 cm³/mol. The zero-order valence-corrected chi connectivity index (χ0v) is 10.4. The van der Waals surface area contributed by atoms with Crippen LogP contribution < -0.4 is 11.1 Å². The van der Waals surface area contributed by atoms with Crippen molar-refractivity contribution in [2.75, 3.05) is 20.2 Å². The molecule has 0 saturated heterocycles. The van der Waals surface area contributed by atoms with Crippen LogP contribution in [0.3, 0.4) is 0 Å². The van der Waals surface area contributed by atoms with Gasteiger partial charge in [-0.15, -0.1) is 0 Å². The summed E-state index contributed by atoms with van der Waals surface area (Å²) in [6, 6.07) is 8.24. The van der Waals surface area contributed by atoms with E-state index in [1.807, 2.05) is 6.07 Å². The summed E-state index contributed by atoms with van der Waals surface area (Å²) in [7, 11) is 1.48. The van der Waals surface area contributed by atoms with Crippen LogP contribution in [0.15, 0.2) is 24.3 Å². The second-order valence-electron chi connectivity index (χ2n) is 3.99. The van der Waals surface area contributed by atoms with Crippen LogP contribution in [-0.2, 0) is 16.0 Å². The third kappa shape index (κ3) is 4.54. The molecule has 1 aromatic carbocycles. The van der Waals surface area contributed by atoms with Crippen molar-refractivity contribution in [2.45, 2.75) is 19.4 Å². The van der Waals surface area contributed by atoms with E-state index in [0.29, 0.717) is 6.54 Å². The van der Waals surface area contributed by atoms with Crippen LogP contribution >= 0.6 is 0 Å². The molecule has 1 rings (SSSR count). The number of ether oxygens (including phenoxy) is 1. The van der Waals surface area contributed by atoms with Gasteiger partial charge in [-0.25, -0.2) is 0 Å². The Hall–Kier alpha value is -1.39. The number of hydrogen-bond acceptors (Lipinski definition) is 3. The SMILES string of the molecule is COC(CN)C(=O)NCCc1cccc(C)c1. The standard InChI is InChI=1S/C13H20N2O2/c1-10-4-3-5-11(8-10)6-7-15-13(16)12(9-14)17-2/h3-5,8,12H,6-7,9,14H2,1-2H3,(H,15,16). The summed E-state index contributed by atoms with van der Waals surface area (Å²) in [4.78, 5) is 11.5. The fourth-order valence-corrected chi connectivity index (χ4v) is 1.62. The van der Waals surface area contributed by atoms with Crippen LogP contribution in [0.2, 0.25) is 0 Å². The highest BCUT2D eigenvalue weighted by molar-refractivity contribution is 5.80. The molecule has 4 nitrogen and oxygen atoms in total. The molecule has 0 saturated carbocycles. The molecular formula is C13H20N2O2. The molecule has 1 atom stereocenters. The van der Waals surface area contributed by atoms with Crippen LogP contribution in [-0.4, -0.2) is 32.2 Å². The van der Waals surface area contributed by atoms with Crippen molar-refractivity contribution < 1.29 is 9.53 Å². The van der Waals surface area contributed by atoms with Gasteiger partial charge in [0, 0.05) is 20.2 Å². The number of methoxy groups -OCH3 is 1. The van der Waals surface area contributed by atoms with Crippen LogP contribution in [0, 0.1) is 6.92 Å². The van der Waals surface area contributed by atoms with Gasteiger partial charge in [-0.2, -0.15) is 0 Å². The molecule has 0 heterocycles. The molecule has 4 heteroatoms. The van der Waals surface area contributed by atoms with Crippen molar-refractivity contribution in [3.8, 4) is 0 Å². The Labute approximate surface area is 102 Å². The Morgan fingerprint density at radius 1 is 1.53 bits per heavy atom. The molecule has 0 radical (unpaired) electrons. The topological polar surface area (TPSA) is 64.3 Å². The summed E-state index contributed by atoms with van der Waals surface area (Å²) in [5, 5.41) is 2.81. The number of amides is 1. The zero-order chi connectivity index (χ0) is 12.7. The number of aryl methyl sites for hydroxylation is 1. The summed E-state index contributed by atoms with van der Waals surface area (Å²) in [6.45, 7) is 2.85. The second kappa shape index (κ2) is 7.04. The predicted octanol–water partition coefficient (Wildman–Crippen LogP) is 0.627. The quantitative estimate of drug-likeness (QED) is 0.761. The number of hydrogen-bond donors (Lipinski definition) is 2. The van der Waals surface area contributed by atoms with Crippen molar-refractivity contribution in [3.05, 3.63) is 35.4 Å². The van der Waals surface area contributed by atoms with E-state index in [1.165, 1.54) is 18.2 Å². The lowest BCUT2D eigenvalue weighted by molar-refractivity contribution is -0.130. The van der Waals surface area contributed by atoms with Gasteiger partial charge in [0.05, 0.1) is 0 Å². The molecule has 1 amide bonds. The summed E-state index contributed by atoms with van der Waals surface area (Å²) in [6.07, 6.45) is 0.265. The lowest BCUT2D eigenvalue weighted by atomic mass is 10.1. The van der Waals surface area contributed by atoms with Gasteiger partial charge in [0.2, 0.25) is 5.91 Å². The van der Waals surface area contributed by atoms with E-state index in [9.17, 15) is 4.79 Å². The molecule has 0 aliphatic heterocycles. The molecule has 17 heavy (non-hydrogen) atoms. The van der Waals surface area contributed by atoms with E-state index in [1.54, 1.807) is 0 Å². The molecule has 1 aromatic rings. The first-order chi connectivity index (χ1) is 8.17. The minimum atomic E-state index is -0.549. The van der Waals surface area contributed by atoms with E-state index < -0.39 is 6.10 Å². The van der Waals surface area contributed by atoms with Gasteiger partial charge in [0.1, 0.15) is 6.10 Å². The van der Waals surface area contributed by atoms with E-state index in [-0.39, 0.29) is 12.5 Å². The average Bonchev–Trinajstić information content (AvgIpc) is 2.30. The number of rotatable bonds is 6. The van der Waals surface area contributed by atoms with E-state index in [2.05, 4.69) is 30.4 Å². The Morgan fingerprint density at radius 2 is 2.29 bits per heavy atom. The van der Waals surface area contributed by atoms with Crippen molar-refractivity contribution in [3.63, 3.8) is 0 Å². The first-order valence-electron chi connectivity index (χ1n) is 5.73. The minimum absolute atomic E-state index is 0.150. The van der Waals surface area contributed by atoms with E-state index in [0.717, 1.165) is 6.42 Å². The van der Waals surface area contributed by atoms with Gasteiger partial charge in [-0.1, -0.05) is 29.8 Å². The van der Waals surface area contributed by atoms with Gasteiger partial charge < -0.3 is 15.8 Å². The maximum atomic E-state index is 11.5. The first-order valence-corrected chi connectivity index (χ1v) is 5.73. The first kappa shape index (κ1) is 13.7. The highest BCUT2D eigenvalue weighted by atomic mass is 16.5. The summed E-state index contributed by atoms with van der Waals surface area (Å²) in [5.41, 5.74) is 7.84. The number of nitrogens with one attached hydrogen (secondary N) is 1. The van der Waals surface area contributed by atoms with E-state index >= 15 is 0 Å². The summed E-state index contributed by atoms with van der Waals surface area (Å²) >= 11 is 0. The van der Waals surface area contributed by atoms with Gasteiger partial charge in [-0.3, -0.25) is 4.79 Å². The number of carbonyl (C=O) groups excluding carboxylic acids is 1. The molecule has 0 aliphatic rings. The summed E-state index contributed by atoms with van der Waals surface area (Å²) in [5.74, 6) is -0.150. The lowest BCUT2D eigenvalue weighted by Crippen LogP contribution is -2.41. The largest absolute Gasteiger partial charge is 0.370 e. The smallest absolute Gasteiger partial charge is 0.250 e. The average molecular weight is 236 g/mol. The molecule has 94 valence electrons. The van der Waals surface area contributed by atoms with Crippen molar-refractivity contribution in [1.82, 2.24) is 5.32 Å². The maximum absolute atomic E-state index is 11.5. The minimum Gasteiger partial charge on any atom is -0.370 e. The van der Waals surface area contributed by atoms with Crippen LogP contribution in [0.1, 0.15) is 11.1 Å². The van der Waals surface area contributed by atoms with Gasteiger partial charge in [0.15, 0.2) is 0 Å². The Balaban J connectivity index is 2.35. The number of benzene rings is 1. The number of carbonyl (C=O) groups is 1. The van der Waals surface area contributed by atoms with Gasteiger partial charge >= 0.3 is 0 Å². The van der Waals surface area contributed by atoms with Crippen molar-refractivity contribution >= 4 is 5.91 Å². The van der Waals surface area contributed by atoms with Gasteiger partial charge in [-0.05, 0) is 18.9 Å². The Morgan fingerprint density at radius 3 is 2.88 bits per heavy atom. The monoisotopic (exact) mass is 236 g/mol. The third-order valence-electron chi connectivity index (χ3n) is 2.59. The highest BCUT2D eigenvalue weighted by Gasteiger charge is 2.14. The van der Waals surface area contributed by atoms with Crippen molar-refractivity contribution in [2.24, 2.45) is 5.73 Å². The van der Waals surface area contributed by atoms with Crippen LogP contribution in [0.4, 0.5) is 0 Å². The lowest BCUT2D eigenvalue weighted by Gasteiger charge is -2.12.